The average Bonchev–Trinajstić information content (AvgIpc) is 2.03. The van der Waals surface area contributed by atoms with Crippen molar-refractivity contribution in [3.8, 4) is 0 Å². The molecule has 0 saturated carbocycles. The Balaban J connectivity index is 2.73. The molecule has 4 nitrogen and oxygen atoms in total. The highest BCUT2D eigenvalue weighted by Gasteiger charge is 2.19. The monoisotopic (exact) mass is 169 g/mol. The minimum atomic E-state index is -1.42. The SMILES string of the molecule is COC1C=CC(B(O)O)=C(C)N1. The number of rotatable bonds is 2. The molecular formula is C7H12BNO3. The number of methoxy groups -OCH3 is 1. The summed E-state index contributed by atoms with van der Waals surface area (Å²) in [5.74, 6) is 0. The third-order valence-electron chi connectivity index (χ3n) is 1.77. The lowest BCUT2D eigenvalue weighted by atomic mass is 9.77. The largest absolute Gasteiger partial charge is 0.490 e. The van der Waals surface area contributed by atoms with Gasteiger partial charge in [-0.3, -0.25) is 0 Å². The first-order valence-corrected chi connectivity index (χ1v) is 3.69. The standard InChI is InChI=1S/C7H12BNO3/c1-5-6(8(10)11)3-4-7(9-5)12-2/h3-4,7,9-11H,1-2H3. The zero-order chi connectivity index (χ0) is 9.14. The molecule has 0 aromatic rings. The Morgan fingerprint density at radius 2 is 2.25 bits per heavy atom. The zero-order valence-electron chi connectivity index (χ0n) is 7.11. The summed E-state index contributed by atoms with van der Waals surface area (Å²) >= 11 is 0. The van der Waals surface area contributed by atoms with E-state index in [9.17, 15) is 0 Å². The van der Waals surface area contributed by atoms with E-state index in [4.69, 9.17) is 14.8 Å². The highest BCUT2D eigenvalue weighted by Crippen LogP contribution is 2.11. The van der Waals surface area contributed by atoms with Gasteiger partial charge in [0.25, 0.3) is 0 Å². The van der Waals surface area contributed by atoms with Crippen molar-refractivity contribution in [3.63, 3.8) is 0 Å². The Kier molecular flexibility index (Phi) is 2.91. The lowest BCUT2D eigenvalue weighted by Gasteiger charge is -2.21. The van der Waals surface area contributed by atoms with Crippen LogP contribution in [-0.4, -0.2) is 30.5 Å². The topological polar surface area (TPSA) is 61.7 Å². The molecule has 1 aliphatic heterocycles. The Morgan fingerprint density at radius 3 is 2.67 bits per heavy atom. The van der Waals surface area contributed by atoms with Gasteiger partial charge in [0.15, 0.2) is 0 Å². The first-order chi connectivity index (χ1) is 5.65. The first kappa shape index (κ1) is 9.31. The minimum Gasteiger partial charge on any atom is -0.423 e. The number of allylic oxidation sites excluding steroid dienone is 3. The highest BCUT2D eigenvalue weighted by atomic mass is 16.5. The van der Waals surface area contributed by atoms with E-state index < -0.39 is 7.12 Å². The zero-order valence-corrected chi connectivity index (χ0v) is 7.11. The van der Waals surface area contributed by atoms with Crippen LogP contribution in [0, 0.1) is 0 Å². The molecule has 1 rings (SSSR count). The summed E-state index contributed by atoms with van der Waals surface area (Å²) in [6, 6.07) is 0. The van der Waals surface area contributed by atoms with Gasteiger partial charge in [0, 0.05) is 18.3 Å². The highest BCUT2D eigenvalue weighted by molar-refractivity contribution is 6.52. The third kappa shape index (κ3) is 1.88. The van der Waals surface area contributed by atoms with Crippen molar-refractivity contribution >= 4 is 7.12 Å². The third-order valence-corrected chi connectivity index (χ3v) is 1.77. The second kappa shape index (κ2) is 3.75. The summed E-state index contributed by atoms with van der Waals surface area (Å²) in [7, 11) is 0.155. The van der Waals surface area contributed by atoms with Gasteiger partial charge in [-0.25, -0.2) is 0 Å². The molecule has 0 aliphatic carbocycles. The number of nitrogens with one attached hydrogen (secondary N) is 1. The van der Waals surface area contributed by atoms with Crippen LogP contribution in [0.25, 0.3) is 0 Å². The van der Waals surface area contributed by atoms with Gasteiger partial charge >= 0.3 is 7.12 Å². The summed E-state index contributed by atoms with van der Waals surface area (Å²) in [6.07, 6.45) is 3.19. The van der Waals surface area contributed by atoms with E-state index in [2.05, 4.69) is 5.32 Å². The molecule has 0 amide bonds. The number of hydrogen-bond donors (Lipinski definition) is 3. The Morgan fingerprint density at radius 1 is 1.58 bits per heavy atom. The molecule has 0 aromatic heterocycles. The lowest BCUT2D eigenvalue weighted by molar-refractivity contribution is 0.120. The fourth-order valence-corrected chi connectivity index (χ4v) is 1.08. The van der Waals surface area contributed by atoms with Gasteiger partial charge in [-0.2, -0.15) is 0 Å². The fraction of sp³-hybridized carbons (Fsp3) is 0.429. The Labute approximate surface area is 71.7 Å². The molecule has 66 valence electrons. The first-order valence-electron chi connectivity index (χ1n) is 3.69. The van der Waals surface area contributed by atoms with E-state index in [0.29, 0.717) is 5.47 Å². The van der Waals surface area contributed by atoms with Gasteiger partial charge < -0.3 is 20.1 Å². The molecule has 0 saturated heterocycles. The number of hydrogen-bond acceptors (Lipinski definition) is 4. The van der Waals surface area contributed by atoms with Gasteiger partial charge in [0.05, 0.1) is 0 Å². The maximum Gasteiger partial charge on any atom is 0.490 e. The van der Waals surface area contributed by atoms with Crippen molar-refractivity contribution in [2.75, 3.05) is 7.11 Å². The molecule has 1 aliphatic rings. The molecule has 0 aromatic carbocycles. The van der Waals surface area contributed by atoms with E-state index in [-0.39, 0.29) is 6.23 Å². The second-order valence-electron chi connectivity index (χ2n) is 2.61. The maximum atomic E-state index is 8.87. The van der Waals surface area contributed by atoms with Crippen molar-refractivity contribution in [2.45, 2.75) is 13.2 Å². The van der Waals surface area contributed by atoms with Gasteiger partial charge in [-0.05, 0) is 13.0 Å². The molecular weight excluding hydrogens is 157 g/mol. The molecule has 3 N–H and O–H groups in total. The van der Waals surface area contributed by atoms with Crippen LogP contribution in [0.15, 0.2) is 23.3 Å². The predicted octanol–water partition coefficient (Wildman–Crippen LogP) is -0.596. The van der Waals surface area contributed by atoms with E-state index in [0.717, 1.165) is 5.70 Å². The summed E-state index contributed by atoms with van der Waals surface area (Å²) in [5, 5.41) is 20.7. The van der Waals surface area contributed by atoms with Crippen LogP contribution in [0.1, 0.15) is 6.92 Å². The van der Waals surface area contributed by atoms with E-state index >= 15 is 0 Å². The van der Waals surface area contributed by atoms with Crippen LogP contribution in [0.3, 0.4) is 0 Å². The van der Waals surface area contributed by atoms with Crippen LogP contribution >= 0.6 is 0 Å². The van der Waals surface area contributed by atoms with Crippen molar-refractivity contribution in [2.24, 2.45) is 0 Å². The lowest BCUT2D eigenvalue weighted by Crippen LogP contribution is -2.33. The van der Waals surface area contributed by atoms with Crippen LogP contribution < -0.4 is 5.32 Å². The van der Waals surface area contributed by atoms with Gasteiger partial charge in [-0.1, -0.05) is 6.08 Å². The summed E-state index contributed by atoms with van der Waals surface area (Å²) in [6.45, 7) is 1.77. The maximum absolute atomic E-state index is 8.87. The average molecular weight is 169 g/mol. The van der Waals surface area contributed by atoms with Crippen LogP contribution in [0.4, 0.5) is 0 Å². The molecule has 1 atom stereocenters. The van der Waals surface area contributed by atoms with Crippen molar-refractivity contribution in [3.05, 3.63) is 23.3 Å². The van der Waals surface area contributed by atoms with Crippen molar-refractivity contribution in [1.82, 2.24) is 5.32 Å². The molecule has 1 heterocycles. The molecule has 1 unspecified atom stereocenters. The van der Waals surface area contributed by atoms with Crippen molar-refractivity contribution < 1.29 is 14.8 Å². The summed E-state index contributed by atoms with van der Waals surface area (Å²) < 4.78 is 4.99. The summed E-state index contributed by atoms with van der Waals surface area (Å²) in [5.41, 5.74) is 1.20. The number of ether oxygens (including phenoxy) is 1. The van der Waals surface area contributed by atoms with Gasteiger partial charge in [-0.15, -0.1) is 0 Å². The Hall–Kier alpha value is -0.775. The Bertz CT molecular complexity index is 225. The molecule has 12 heavy (non-hydrogen) atoms. The van der Waals surface area contributed by atoms with Crippen LogP contribution in [-0.2, 0) is 4.74 Å². The quantitative estimate of drug-likeness (QED) is 0.483. The second-order valence-corrected chi connectivity index (χ2v) is 2.61. The molecule has 0 fully saturated rings. The molecule has 0 spiro atoms. The van der Waals surface area contributed by atoms with Crippen LogP contribution in [0.5, 0.6) is 0 Å². The molecule has 0 bridgehead atoms. The molecule has 0 radical (unpaired) electrons. The van der Waals surface area contributed by atoms with E-state index in [1.54, 1.807) is 26.2 Å². The number of dihydropyridines is 1. The summed E-state index contributed by atoms with van der Waals surface area (Å²) in [4.78, 5) is 0. The normalized spacial score (nSPS) is 22.5. The van der Waals surface area contributed by atoms with Crippen LogP contribution in [0.2, 0.25) is 0 Å². The predicted molar refractivity (Wildman–Crippen MR) is 46.0 cm³/mol. The molecule has 5 heteroatoms. The van der Waals surface area contributed by atoms with Gasteiger partial charge in [0.1, 0.15) is 6.23 Å². The smallest absolute Gasteiger partial charge is 0.423 e. The minimum absolute atomic E-state index is 0.174. The van der Waals surface area contributed by atoms with E-state index in [1.807, 2.05) is 0 Å². The van der Waals surface area contributed by atoms with E-state index in [1.165, 1.54) is 0 Å². The van der Waals surface area contributed by atoms with Crippen molar-refractivity contribution in [1.29, 1.82) is 0 Å². The fourth-order valence-electron chi connectivity index (χ4n) is 1.08. The van der Waals surface area contributed by atoms with Gasteiger partial charge in [0.2, 0.25) is 0 Å².